The van der Waals surface area contributed by atoms with Gasteiger partial charge in [-0.2, -0.15) is 5.21 Å². The van der Waals surface area contributed by atoms with Crippen molar-refractivity contribution in [2.45, 2.75) is 20.1 Å². The number of aromatic amines is 1. The van der Waals surface area contributed by atoms with Crippen molar-refractivity contribution in [3.63, 3.8) is 0 Å². The number of nitrogens with one attached hydrogen (secondary N) is 2. The number of rotatable bonds is 8. The standard InChI is InChI=1S/C17H16Cl3N5O2/c1-2-26-15-7-10(8-21-17-22-24-25-23-17)6-14(20)16(15)27-9-11-12(18)4-3-5-13(11)19/h3-7H,2,8-9H2,1H3,(H2,21,22,23,24,25). The molecule has 1 aromatic heterocycles. The Kier molecular flexibility index (Phi) is 6.60. The summed E-state index contributed by atoms with van der Waals surface area (Å²) in [5, 5.41) is 18.0. The number of tetrazole rings is 1. The quantitative estimate of drug-likeness (QED) is 0.538. The molecule has 3 aromatic rings. The topological polar surface area (TPSA) is 85.0 Å². The van der Waals surface area contributed by atoms with Crippen LogP contribution in [0.25, 0.3) is 0 Å². The Balaban J connectivity index is 1.79. The number of anilines is 1. The summed E-state index contributed by atoms with van der Waals surface area (Å²) in [5.74, 6) is 1.34. The van der Waals surface area contributed by atoms with Gasteiger partial charge in [0.1, 0.15) is 6.61 Å². The summed E-state index contributed by atoms with van der Waals surface area (Å²) in [4.78, 5) is 0. The first-order valence-corrected chi connectivity index (χ1v) is 9.20. The lowest BCUT2D eigenvalue weighted by atomic mass is 10.2. The molecule has 0 spiro atoms. The predicted molar refractivity (Wildman–Crippen MR) is 105 cm³/mol. The summed E-state index contributed by atoms with van der Waals surface area (Å²) < 4.78 is 11.6. The second-order valence-electron chi connectivity index (χ2n) is 5.42. The van der Waals surface area contributed by atoms with Gasteiger partial charge in [-0.05, 0) is 42.0 Å². The zero-order valence-electron chi connectivity index (χ0n) is 14.3. The number of hydrogen-bond acceptors (Lipinski definition) is 6. The smallest absolute Gasteiger partial charge is 0.263 e. The molecule has 0 radical (unpaired) electrons. The highest BCUT2D eigenvalue weighted by Crippen LogP contribution is 2.38. The van der Waals surface area contributed by atoms with Crippen LogP contribution < -0.4 is 14.8 Å². The molecule has 0 aliphatic heterocycles. The van der Waals surface area contributed by atoms with Crippen molar-refractivity contribution >= 4 is 40.8 Å². The van der Waals surface area contributed by atoms with E-state index in [-0.39, 0.29) is 6.61 Å². The van der Waals surface area contributed by atoms with Crippen molar-refractivity contribution in [3.05, 3.63) is 56.5 Å². The molecule has 0 aliphatic rings. The van der Waals surface area contributed by atoms with E-state index in [9.17, 15) is 0 Å². The zero-order chi connectivity index (χ0) is 19.2. The van der Waals surface area contributed by atoms with Gasteiger partial charge < -0.3 is 14.8 Å². The highest BCUT2D eigenvalue weighted by atomic mass is 35.5. The van der Waals surface area contributed by atoms with Crippen LogP contribution in [-0.2, 0) is 13.2 Å². The molecule has 0 aliphatic carbocycles. The van der Waals surface area contributed by atoms with Gasteiger partial charge in [-0.25, -0.2) is 0 Å². The fraction of sp³-hybridized carbons (Fsp3) is 0.235. The lowest BCUT2D eigenvalue weighted by Crippen LogP contribution is -2.05. The first-order chi connectivity index (χ1) is 13.1. The molecule has 3 rings (SSSR count). The van der Waals surface area contributed by atoms with E-state index in [1.807, 2.05) is 13.0 Å². The Labute approximate surface area is 170 Å². The largest absolute Gasteiger partial charge is 0.490 e. The first-order valence-electron chi connectivity index (χ1n) is 8.06. The average molecular weight is 429 g/mol. The Morgan fingerprint density at radius 3 is 2.52 bits per heavy atom. The van der Waals surface area contributed by atoms with Crippen molar-refractivity contribution in [1.29, 1.82) is 0 Å². The summed E-state index contributed by atoms with van der Waals surface area (Å²) in [7, 11) is 0. The average Bonchev–Trinajstić information content (AvgIpc) is 3.15. The van der Waals surface area contributed by atoms with Gasteiger partial charge in [-0.1, -0.05) is 46.0 Å². The SMILES string of the molecule is CCOc1cc(CNc2nn[nH]n2)cc(Cl)c1OCc1c(Cl)cccc1Cl. The summed E-state index contributed by atoms with van der Waals surface area (Å²) in [6, 6.07) is 8.90. The molecule has 0 saturated carbocycles. The minimum absolute atomic E-state index is 0.165. The van der Waals surface area contributed by atoms with Gasteiger partial charge >= 0.3 is 0 Å². The van der Waals surface area contributed by atoms with Gasteiger partial charge in [-0.15, -0.1) is 5.10 Å². The van der Waals surface area contributed by atoms with Gasteiger partial charge in [0.15, 0.2) is 11.5 Å². The summed E-state index contributed by atoms with van der Waals surface area (Å²) in [5.41, 5.74) is 1.55. The van der Waals surface area contributed by atoms with Crippen molar-refractivity contribution in [2.75, 3.05) is 11.9 Å². The van der Waals surface area contributed by atoms with Gasteiger partial charge in [0.25, 0.3) is 5.95 Å². The van der Waals surface area contributed by atoms with Crippen molar-refractivity contribution in [3.8, 4) is 11.5 Å². The van der Waals surface area contributed by atoms with E-state index < -0.39 is 0 Å². The molecule has 0 unspecified atom stereocenters. The maximum atomic E-state index is 6.43. The Hall–Kier alpha value is -2.22. The monoisotopic (exact) mass is 427 g/mol. The van der Waals surface area contributed by atoms with E-state index in [1.54, 1.807) is 24.3 Å². The summed E-state index contributed by atoms with van der Waals surface area (Å²) >= 11 is 18.8. The van der Waals surface area contributed by atoms with Crippen LogP contribution in [0.2, 0.25) is 15.1 Å². The van der Waals surface area contributed by atoms with E-state index in [2.05, 4.69) is 25.9 Å². The molecule has 7 nitrogen and oxygen atoms in total. The van der Waals surface area contributed by atoms with Crippen LogP contribution in [0.15, 0.2) is 30.3 Å². The van der Waals surface area contributed by atoms with Crippen molar-refractivity contribution in [1.82, 2.24) is 20.6 Å². The van der Waals surface area contributed by atoms with Gasteiger partial charge in [0.2, 0.25) is 0 Å². The molecular formula is C17H16Cl3N5O2. The van der Waals surface area contributed by atoms with E-state index in [4.69, 9.17) is 44.3 Å². The van der Waals surface area contributed by atoms with Crippen LogP contribution in [-0.4, -0.2) is 27.2 Å². The highest BCUT2D eigenvalue weighted by Gasteiger charge is 2.15. The van der Waals surface area contributed by atoms with Gasteiger partial charge in [-0.3, -0.25) is 0 Å². The number of H-pyrrole nitrogens is 1. The highest BCUT2D eigenvalue weighted by molar-refractivity contribution is 6.36. The second kappa shape index (κ2) is 9.12. The van der Waals surface area contributed by atoms with E-state index in [1.165, 1.54) is 0 Å². The maximum Gasteiger partial charge on any atom is 0.263 e. The maximum absolute atomic E-state index is 6.43. The molecule has 1 heterocycles. The van der Waals surface area contributed by atoms with Crippen LogP contribution >= 0.6 is 34.8 Å². The molecule has 27 heavy (non-hydrogen) atoms. The van der Waals surface area contributed by atoms with Gasteiger partial charge in [0, 0.05) is 22.2 Å². The minimum atomic E-state index is 0.165. The molecule has 0 fully saturated rings. The van der Waals surface area contributed by atoms with Crippen LogP contribution in [0.4, 0.5) is 5.95 Å². The third kappa shape index (κ3) is 4.94. The summed E-state index contributed by atoms with van der Waals surface area (Å²) in [6.45, 7) is 2.95. The molecule has 2 aromatic carbocycles. The lowest BCUT2D eigenvalue weighted by Gasteiger charge is -2.16. The van der Waals surface area contributed by atoms with E-state index in [0.29, 0.717) is 51.2 Å². The van der Waals surface area contributed by atoms with Crippen LogP contribution in [0.3, 0.4) is 0 Å². The fourth-order valence-electron chi connectivity index (χ4n) is 2.36. The molecule has 0 atom stereocenters. The Morgan fingerprint density at radius 1 is 1.07 bits per heavy atom. The van der Waals surface area contributed by atoms with Crippen LogP contribution in [0.5, 0.6) is 11.5 Å². The second-order valence-corrected chi connectivity index (χ2v) is 6.64. The molecular weight excluding hydrogens is 413 g/mol. The predicted octanol–water partition coefficient (Wildman–Crippen LogP) is 4.75. The molecule has 10 heteroatoms. The Morgan fingerprint density at radius 2 is 1.85 bits per heavy atom. The minimum Gasteiger partial charge on any atom is -0.490 e. The van der Waals surface area contributed by atoms with E-state index >= 15 is 0 Å². The summed E-state index contributed by atoms with van der Waals surface area (Å²) in [6.07, 6.45) is 0. The number of nitrogens with zero attached hydrogens (tertiary/aromatic N) is 3. The number of aromatic nitrogens is 4. The number of ether oxygens (including phenoxy) is 2. The Bertz CT molecular complexity index is 886. The molecule has 142 valence electrons. The van der Waals surface area contributed by atoms with Crippen LogP contribution in [0.1, 0.15) is 18.1 Å². The lowest BCUT2D eigenvalue weighted by molar-refractivity contribution is 0.269. The van der Waals surface area contributed by atoms with Crippen molar-refractivity contribution < 1.29 is 9.47 Å². The third-order valence-corrected chi connectivity index (χ3v) is 4.58. The van der Waals surface area contributed by atoms with Crippen molar-refractivity contribution in [2.24, 2.45) is 0 Å². The molecule has 0 saturated heterocycles. The van der Waals surface area contributed by atoms with Crippen LogP contribution in [0, 0.1) is 0 Å². The molecule has 0 amide bonds. The first kappa shape index (κ1) is 19.5. The third-order valence-electron chi connectivity index (χ3n) is 3.59. The molecule has 2 N–H and O–H groups in total. The number of hydrogen-bond donors (Lipinski definition) is 2. The van der Waals surface area contributed by atoms with E-state index in [0.717, 1.165) is 5.56 Å². The van der Waals surface area contributed by atoms with Gasteiger partial charge in [0.05, 0.1) is 11.6 Å². The zero-order valence-corrected chi connectivity index (χ0v) is 16.6. The fourth-order valence-corrected chi connectivity index (χ4v) is 3.15. The number of halogens is 3. The molecule has 0 bridgehead atoms. The normalized spacial score (nSPS) is 10.7. The number of benzene rings is 2.